The largest absolute Gasteiger partial charge is 0.623 e. The molecule has 2 atom stereocenters. The fourth-order valence-electron chi connectivity index (χ4n) is 3.24. The van der Waals surface area contributed by atoms with Crippen molar-refractivity contribution in [1.82, 2.24) is 19.7 Å². The van der Waals surface area contributed by atoms with Crippen molar-refractivity contribution in [2.24, 2.45) is 0 Å². The third-order valence-corrected chi connectivity index (χ3v) is 5.97. The van der Waals surface area contributed by atoms with Crippen LogP contribution < -0.4 is 14.7 Å². The number of aromatic nitrogens is 2. The Labute approximate surface area is 156 Å². The van der Waals surface area contributed by atoms with Gasteiger partial charge in [-0.15, -0.1) is 11.5 Å². The molecule has 0 amide bonds. The van der Waals surface area contributed by atoms with Crippen molar-refractivity contribution >= 4 is 22.2 Å². The Morgan fingerprint density at radius 2 is 2.23 bits per heavy atom. The molecule has 136 valence electrons. The number of methoxy groups -OCH3 is 1. The van der Waals surface area contributed by atoms with Crippen molar-refractivity contribution in [3.8, 4) is 18.1 Å². The first-order chi connectivity index (χ1) is 12.6. The van der Waals surface area contributed by atoms with Gasteiger partial charge in [-0.25, -0.2) is 4.90 Å². The number of benzene rings is 1. The number of hydrogen-bond acceptors (Lipinski definition) is 7. The van der Waals surface area contributed by atoms with Gasteiger partial charge in [0, 0.05) is 5.92 Å². The number of anilines is 1. The SMILES string of the molecule is C#CCN1CC(Nc2ccccc2OC)[N+]([O-])(c2nnc(C3CC3)s2)C1. The summed E-state index contributed by atoms with van der Waals surface area (Å²) in [5.74, 6) is 3.81. The summed E-state index contributed by atoms with van der Waals surface area (Å²) in [6.45, 7) is 1.22. The van der Waals surface area contributed by atoms with Crippen molar-refractivity contribution < 1.29 is 4.74 Å². The van der Waals surface area contributed by atoms with Crippen LogP contribution in [0.3, 0.4) is 0 Å². The molecule has 1 aliphatic heterocycles. The second kappa shape index (κ2) is 6.85. The lowest BCUT2D eigenvalue weighted by Gasteiger charge is -2.39. The number of nitrogens with zero attached hydrogens (tertiary/aromatic N) is 4. The van der Waals surface area contributed by atoms with Crippen molar-refractivity contribution in [2.75, 3.05) is 32.2 Å². The normalized spacial score (nSPS) is 25.8. The van der Waals surface area contributed by atoms with Gasteiger partial charge in [0.05, 0.1) is 25.9 Å². The van der Waals surface area contributed by atoms with Crippen LogP contribution in [0.25, 0.3) is 0 Å². The highest BCUT2D eigenvalue weighted by molar-refractivity contribution is 7.15. The number of rotatable bonds is 6. The molecule has 1 aromatic carbocycles. The lowest BCUT2D eigenvalue weighted by Crippen LogP contribution is -2.52. The molecule has 1 saturated heterocycles. The third-order valence-electron chi connectivity index (χ3n) is 4.77. The van der Waals surface area contributed by atoms with E-state index < -0.39 is 10.8 Å². The van der Waals surface area contributed by atoms with Crippen LogP contribution in [0.4, 0.5) is 10.8 Å². The lowest BCUT2D eigenvalue weighted by atomic mass is 10.2. The third kappa shape index (κ3) is 3.15. The molecule has 0 bridgehead atoms. The van der Waals surface area contributed by atoms with Gasteiger partial charge < -0.3 is 15.3 Å². The average Bonchev–Trinajstić information content (AvgIpc) is 3.28. The summed E-state index contributed by atoms with van der Waals surface area (Å²) in [4.78, 5) is 1.97. The summed E-state index contributed by atoms with van der Waals surface area (Å²) < 4.78 is 4.81. The summed E-state index contributed by atoms with van der Waals surface area (Å²) in [7, 11) is 1.62. The quantitative estimate of drug-likeness (QED) is 0.478. The number of hydroxylamine groups is 2. The number of para-hydroxylation sites is 2. The van der Waals surface area contributed by atoms with E-state index in [9.17, 15) is 5.21 Å². The molecule has 1 aromatic heterocycles. The van der Waals surface area contributed by atoms with Crippen LogP contribution in [-0.2, 0) is 0 Å². The first-order valence-corrected chi connectivity index (χ1v) is 9.44. The molecule has 0 radical (unpaired) electrons. The Hall–Kier alpha value is -2.18. The highest BCUT2D eigenvalue weighted by atomic mass is 32.1. The van der Waals surface area contributed by atoms with Crippen LogP contribution in [0.2, 0.25) is 0 Å². The molecule has 2 heterocycles. The molecule has 1 saturated carbocycles. The van der Waals surface area contributed by atoms with Gasteiger partial charge in [0.25, 0.3) is 0 Å². The minimum absolute atomic E-state index is 0.260. The molecule has 26 heavy (non-hydrogen) atoms. The highest BCUT2D eigenvalue weighted by Crippen LogP contribution is 2.44. The molecule has 7 nitrogen and oxygen atoms in total. The maximum absolute atomic E-state index is 13.8. The van der Waals surface area contributed by atoms with Gasteiger partial charge in [0.2, 0.25) is 0 Å². The van der Waals surface area contributed by atoms with Crippen molar-refractivity contribution in [2.45, 2.75) is 24.9 Å². The molecule has 2 fully saturated rings. The molecule has 8 heteroatoms. The number of nitrogens with one attached hydrogen (secondary N) is 1. The molecule has 1 N–H and O–H groups in total. The van der Waals surface area contributed by atoms with Gasteiger partial charge in [-0.3, -0.25) is 4.65 Å². The average molecular weight is 371 g/mol. The van der Waals surface area contributed by atoms with Crippen LogP contribution in [-0.4, -0.2) is 48.1 Å². The predicted octanol–water partition coefficient (Wildman–Crippen LogP) is 2.57. The topological polar surface area (TPSA) is 73.3 Å². The second-order valence-electron chi connectivity index (χ2n) is 6.71. The van der Waals surface area contributed by atoms with E-state index >= 15 is 0 Å². The summed E-state index contributed by atoms with van der Waals surface area (Å²) in [6, 6.07) is 7.58. The minimum Gasteiger partial charge on any atom is -0.623 e. The fourth-order valence-corrected chi connectivity index (χ4v) is 4.33. The van der Waals surface area contributed by atoms with Crippen LogP contribution in [0.15, 0.2) is 24.3 Å². The first kappa shape index (κ1) is 17.2. The van der Waals surface area contributed by atoms with E-state index in [2.05, 4.69) is 21.4 Å². The van der Waals surface area contributed by atoms with Crippen LogP contribution in [0, 0.1) is 17.6 Å². The molecule has 2 unspecified atom stereocenters. The number of terminal acetylenes is 1. The van der Waals surface area contributed by atoms with Crippen LogP contribution in [0.1, 0.15) is 23.8 Å². The molecule has 2 aliphatic rings. The van der Waals surface area contributed by atoms with Gasteiger partial charge in [-0.05, 0) is 36.3 Å². The van der Waals surface area contributed by atoms with Gasteiger partial charge in [0.1, 0.15) is 17.4 Å². The van der Waals surface area contributed by atoms with Crippen molar-refractivity contribution in [3.05, 3.63) is 34.5 Å². The Kier molecular flexibility index (Phi) is 4.54. The first-order valence-electron chi connectivity index (χ1n) is 8.62. The van der Waals surface area contributed by atoms with Gasteiger partial charge in [0.15, 0.2) is 6.17 Å². The summed E-state index contributed by atoms with van der Waals surface area (Å²) >= 11 is 1.43. The zero-order valence-corrected chi connectivity index (χ0v) is 15.4. The van der Waals surface area contributed by atoms with E-state index in [1.165, 1.54) is 11.3 Å². The molecular formula is C18H21N5O2S. The Balaban J connectivity index is 1.63. The zero-order valence-electron chi connectivity index (χ0n) is 14.6. The molecule has 0 spiro atoms. The summed E-state index contributed by atoms with van der Waals surface area (Å²) in [6.07, 6.45) is 7.31. The van der Waals surface area contributed by atoms with Crippen LogP contribution >= 0.6 is 11.3 Å². The number of ether oxygens (including phenoxy) is 1. The van der Waals surface area contributed by atoms with E-state index in [0.29, 0.717) is 29.9 Å². The van der Waals surface area contributed by atoms with Gasteiger partial charge in [-0.1, -0.05) is 23.2 Å². The fraction of sp³-hybridized carbons (Fsp3) is 0.444. The van der Waals surface area contributed by atoms with E-state index in [0.717, 1.165) is 23.5 Å². The van der Waals surface area contributed by atoms with Crippen molar-refractivity contribution in [1.29, 1.82) is 0 Å². The second-order valence-corrected chi connectivity index (χ2v) is 7.70. The lowest BCUT2D eigenvalue weighted by molar-refractivity contribution is 0.306. The molecule has 2 aromatic rings. The van der Waals surface area contributed by atoms with Crippen LogP contribution in [0.5, 0.6) is 5.75 Å². The Morgan fingerprint density at radius 1 is 1.42 bits per heavy atom. The van der Waals surface area contributed by atoms with Gasteiger partial charge in [-0.2, -0.15) is 0 Å². The standard InChI is InChI=1S/C18H21N5O2S/c1-3-10-22-11-16(19-14-6-4-5-7-15(14)25-2)23(24,12-22)18-21-20-17(26-18)13-8-9-13/h1,4-7,13,16,19H,8-12H2,2H3. The summed E-state index contributed by atoms with van der Waals surface area (Å²) in [5, 5.41) is 27.1. The predicted molar refractivity (Wildman–Crippen MR) is 103 cm³/mol. The molecule has 1 aliphatic carbocycles. The Bertz CT molecular complexity index is 831. The Morgan fingerprint density at radius 3 is 2.96 bits per heavy atom. The number of hydrogen-bond donors (Lipinski definition) is 1. The maximum Gasteiger partial charge on any atom is 0.309 e. The monoisotopic (exact) mass is 371 g/mol. The minimum atomic E-state index is -0.593. The molecular weight excluding hydrogens is 350 g/mol. The number of quaternary nitrogens is 1. The van der Waals surface area contributed by atoms with E-state index in [1.54, 1.807) is 7.11 Å². The van der Waals surface area contributed by atoms with E-state index in [4.69, 9.17) is 11.2 Å². The summed E-state index contributed by atoms with van der Waals surface area (Å²) in [5.41, 5.74) is 0.785. The van der Waals surface area contributed by atoms with E-state index in [1.807, 2.05) is 29.2 Å². The zero-order chi connectivity index (χ0) is 18.1. The van der Waals surface area contributed by atoms with Crippen molar-refractivity contribution in [3.63, 3.8) is 0 Å². The smallest absolute Gasteiger partial charge is 0.309 e. The maximum atomic E-state index is 13.8. The molecule has 4 rings (SSSR count). The van der Waals surface area contributed by atoms with Gasteiger partial charge >= 0.3 is 5.13 Å². The van der Waals surface area contributed by atoms with E-state index in [-0.39, 0.29) is 6.67 Å². The highest BCUT2D eigenvalue weighted by Gasteiger charge is 2.44.